The first-order valence-corrected chi connectivity index (χ1v) is 8.66. The quantitative estimate of drug-likeness (QED) is 0.579. The summed E-state index contributed by atoms with van der Waals surface area (Å²) in [5.74, 6) is -2.83. The zero-order valence-electron chi connectivity index (χ0n) is 15.0. The maximum absolute atomic E-state index is 12.7. The Hall–Kier alpha value is -3.72. The molecule has 0 saturated carbocycles. The van der Waals surface area contributed by atoms with E-state index >= 15 is 0 Å². The lowest BCUT2D eigenvalue weighted by Gasteiger charge is -2.13. The van der Waals surface area contributed by atoms with Crippen molar-refractivity contribution >= 4 is 47.0 Å². The lowest BCUT2D eigenvalue weighted by molar-refractivity contribution is -0.123. The number of hydrogen-bond acceptors (Lipinski definition) is 6. The number of carbonyl (C=O) groups is 5. The maximum Gasteiger partial charge on any atom is 0.338 e. The number of ether oxygens (including phenoxy) is 1. The fraction of sp³-hybridized carbons (Fsp3) is 0.105. The molecule has 1 heterocycles. The van der Waals surface area contributed by atoms with E-state index in [1.165, 1.54) is 37.4 Å². The number of benzene rings is 2. The van der Waals surface area contributed by atoms with Crippen molar-refractivity contribution in [3.8, 4) is 0 Å². The van der Waals surface area contributed by atoms with Gasteiger partial charge in [0.25, 0.3) is 17.7 Å². The second-order valence-corrected chi connectivity index (χ2v) is 6.32. The van der Waals surface area contributed by atoms with Gasteiger partial charge in [-0.3, -0.25) is 19.7 Å². The van der Waals surface area contributed by atoms with E-state index in [0.29, 0.717) is 10.7 Å². The minimum atomic E-state index is -0.884. The molecule has 9 nitrogen and oxygen atoms in total. The SMILES string of the molecule is CNC(=O)NC(=O)COC(=O)c1ccc2c(c1)C(=O)N(c1ccc(Cl)cc1)C2=O. The molecule has 29 heavy (non-hydrogen) atoms. The summed E-state index contributed by atoms with van der Waals surface area (Å²) < 4.78 is 4.83. The first-order valence-electron chi connectivity index (χ1n) is 8.29. The average Bonchev–Trinajstić information content (AvgIpc) is 2.96. The van der Waals surface area contributed by atoms with Crippen LogP contribution in [0.3, 0.4) is 0 Å². The van der Waals surface area contributed by atoms with Crippen LogP contribution in [0.5, 0.6) is 0 Å². The van der Waals surface area contributed by atoms with Crippen LogP contribution in [0.25, 0.3) is 0 Å². The Morgan fingerprint density at radius 1 is 1.00 bits per heavy atom. The van der Waals surface area contributed by atoms with Gasteiger partial charge in [0.15, 0.2) is 6.61 Å². The number of amides is 5. The number of hydrogen-bond donors (Lipinski definition) is 2. The molecule has 0 aliphatic carbocycles. The topological polar surface area (TPSA) is 122 Å². The van der Waals surface area contributed by atoms with Crippen LogP contribution in [0.4, 0.5) is 10.5 Å². The van der Waals surface area contributed by atoms with Crippen molar-refractivity contribution in [1.82, 2.24) is 10.6 Å². The lowest BCUT2D eigenvalue weighted by atomic mass is 10.1. The predicted octanol–water partition coefficient (Wildman–Crippen LogP) is 1.75. The van der Waals surface area contributed by atoms with Gasteiger partial charge < -0.3 is 10.1 Å². The van der Waals surface area contributed by atoms with Crippen LogP contribution < -0.4 is 15.5 Å². The smallest absolute Gasteiger partial charge is 0.338 e. The molecule has 0 unspecified atom stereocenters. The summed E-state index contributed by atoms with van der Waals surface area (Å²) in [5.41, 5.74) is 0.499. The van der Waals surface area contributed by atoms with Crippen molar-refractivity contribution in [2.45, 2.75) is 0 Å². The number of rotatable bonds is 4. The van der Waals surface area contributed by atoms with E-state index in [1.807, 2.05) is 5.32 Å². The molecule has 10 heteroatoms. The Kier molecular flexibility index (Phi) is 5.60. The zero-order chi connectivity index (χ0) is 21.1. The highest BCUT2D eigenvalue weighted by atomic mass is 35.5. The summed E-state index contributed by atoms with van der Waals surface area (Å²) in [6.45, 7) is -0.687. The normalized spacial score (nSPS) is 12.4. The van der Waals surface area contributed by atoms with Gasteiger partial charge in [-0.25, -0.2) is 14.5 Å². The number of anilines is 1. The molecule has 3 rings (SSSR count). The minimum Gasteiger partial charge on any atom is -0.452 e. The summed E-state index contributed by atoms with van der Waals surface area (Å²) in [4.78, 5) is 60.9. The second-order valence-electron chi connectivity index (χ2n) is 5.89. The van der Waals surface area contributed by atoms with Gasteiger partial charge in [0.2, 0.25) is 0 Å². The highest BCUT2D eigenvalue weighted by molar-refractivity contribution is 6.35. The molecule has 2 aromatic carbocycles. The monoisotopic (exact) mass is 415 g/mol. The van der Waals surface area contributed by atoms with Crippen LogP contribution >= 0.6 is 11.6 Å². The van der Waals surface area contributed by atoms with E-state index in [0.717, 1.165) is 4.90 Å². The van der Waals surface area contributed by atoms with Crippen molar-refractivity contribution in [2.24, 2.45) is 0 Å². The van der Waals surface area contributed by atoms with Gasteiger partial charge in [-0.05, 0) is 42.5 Å². The Balaban J connectivity index is 1.75. The molecule has 0 bridgehead atoms. The summed E-state index contributed by atoms with van der Waals surface area (Å²) >= 11 is 5.83. The molecule has 0 atom stereocenters. The first-order chi connectivity index (χ1) is 13.8. The zero-order valence-corrected chi connectivity index (χ0v) is 15.8. The van der Waals surface area contributed by atoms with Crippen LogP contribution in [0, 0.1) is 0 Å². The Bertz CT molecular complexity index is 1030. The molecule has 2 aromatic rings. The highest BCUT2D eigenvalue weighted by Gasteiger charge is 2.37. The number of imide groups is 2. The van der Waals surface area contributed by atoms with Crippen LogP contribution in [0.2, 0.25) is 5.02 Å². The number of fused-ring (bicyclic) bond motifs is 1. The lowest BCUT2D eigenvalue weighted by Crippen LogP contribution is -2.39. The third-order valence-electron chi connectivity index (χ3n) is 4.02. The van der Waals surface area contributed by atoms with Gasteiger partial charge in [-0.15, -0.1) is 0 Å². The molecule has 0 radical (unpaired) electrons. The number of carbonyl (C=O) groups excluding carboxylic acids is 5. The standard InChI is InChI=1S/C19H14ClN3O6/c1-21-19(28)22-15(24)9-29-18(27)10-2-7-13-14(8-10)17(26)23(16(13)25)12-5-3-11(20)4-6-12/h2-8H,9H2,1H3,(H2,21,22,24,28). The van der Waals surface area contributed by atoms with E-state index < -0.39 is 36.3 Å². The van der Waals surface area contributed by atoms with Gasteiger partial charge in [-0.1, -0.05) is 11.6 Å². The molecular formula is C19H14ClN3O6. The molecule has 0 spiro atoms. The summed E-state index contributed by atoms with van der Waals surface area (Å²) in [6, 6.07) is 9.30. The van der Waals surface area contributed by atoms with Crippen LogP contribution in [0.1, 0.15) is 31.1 Å². The van der Waals surface area contributed by atoms with E-state index in [4.69, 9.17) is 16.3 Å². The summed E-state index contributed by atoms with van der Waals surface area (Å²) in [5, 5.41) is 4.57. The minimum absolute atomic E-state index is 0.0180. The predicted molar refractivity (Wildman–Crippen MR) is 102 cm³/mol. The van der Waals surface area contributed by atoms with Crippen molar-refractivity contribution in [1.29, 1.82) is 0 Å². The maximum atomic E-state index is 12.7. The van der Waals surface area contributed by atoms with E-state index in [-0.39, 0.29) is 16.7 Å². The number of urea groups is 1. The average molecular weight is 416 g/mol. The summed E-state index contributed by atoms with van der Waals surface area (Å²) in [7, 11) is 1.32. The molecule has 0 saturated heterocycles. The number of nitrogens with one attached hydrogen (secondary N) is 2. The van der Waals surface area contributed by atoms with E-state index in [2.05, 4.69) is 5.32 Å². The second kappa shape index (κ2) is 8.11. The van der Waals surface area contributed by atoms with Crippen LogP contribution in [-0.2, 0) is 9.53 Å². The Morgan fingerprint density at radius 2 is 1.66 bits per heavy atom. The number of halogens is 1. The molecule has 1 aliphatic rings. The summed E-state index contributed by atoms with van der Waals surface area (Å²) in [6.07, 6.45) is 0. The fourth-order valence-corrected chi connectivity index (χ4v) is 2.76. The third kappa shape index (κ3) is 4.09. The Morgan fingerprint density at radius 3 is 2.31 bits per heavy atom. The molecule has 1 aliphatic heterocycles. The van der Waals surface area contributed by atoms with Gasteiger partial charge in [0, 0.05) is 12.1 Å². The van der Waals surface area contributed by atoms with Crippen molar-refractivity contribution < 1.29 is 28.7 Å². The van der Waals surface area contributed by atoms with Crippen molar-refractivity contribution in [3.63, 3.8) is 0 Å². The number of esters is 1. The van der Waals surface area contributed by atoms with Crippen LogP contribution in [-0.4, -0.2) is 43.4 Å². The van der Waals surface area contributed by atoms with Crippen LogP contribution in [0.15, 0.2) is 42.5 Å². The first kappa shape index (κ1) is 20.0. The Labute approximate surface area is 169 Å². The molecule has 148 valence electrons. The highest BCUT2D eigenvalue weighted by Crippen LogP contribution is 2.30. The number of nitrogens with zero attached hydrogens (tertiary/aromatic N) is 1. The third-order valence-corrected chi connectivity index (χ3v) is 4.27. The van der Waals surface area contributed by atoms with Gasteiger partial charge in [-0.2, -0.15) is 0 Å². The molecule has 0 fully saturated rings. The molecular weight excluding hydrogens is 402 g/mol. The molecule has 0 aromatic heterocycles. The van der Waals surface area contributed by atoms with Gasteiger partial charge in [0.1, 0.15) is 0 Å². The van der Waals surface area contributed by atoms with E-state index in [1.54, 1.807) is 12.1 Å². The molecule has 5 amide bonds. The largest absolute Gasteiger partial charge is 0.452 e. The van der Waals surface area contributed by atoms with Gasteiger partial charge >= 0.3 is 12.0 Å². The molecule has 2 N–H and O–H groups in total. The van der Waals surface area contributed by atoms with Crippen molar-refractivity contribution in [3.05, 3.63) is 64.2 Å². The van der Waals surface area contributed by atoms with Crippen molar-refractivity contribution in [2.75, 3.05) is 18.6 Å². The van der Waals surface area contributed by atoms with Gasteiger partial charge in [0.05, 0.1) is 22.4 Å². The van der Waals surface area contributed by atoms with E-state index in [9.17, 15) is 24.0 Å². The fourth-order valence-electron chi connectivity index (χ4n) is 2.63.